The number of hydrogen-bond donors (Lipinski definition) is 0. The molecule has 0 aromatic rings. The summed E-state index contributed by atoms with van der Waals surface area (Å²) in [7, 11) is 1.58. The minimum atomic E-state index is -6.04. The molecular weight excluding hydrogens is 433 g/mol. The first-order chi connectivity index (χ1) is 12.9. The van der Waals surface area contributed by atoms with Gasteiger partial charge in [-0.2, -0.15) is 26.3 Å². The van der Waals surface area contributed by atoms with E-state index in [2.05, 4.69) is 4.74 Å². The Labute approximate surface area is 159 Å². The van der Waals surface area contributed by atoms with Crippen LogP contribution in [0.2, 0.25) is 0 Å². The summed E-state index contributed by atoms with van der Waals surface area (Å²) in [6.45, 7) is -0.0599. The topological polar surface area (TPSA) is 15.7 Å². The lowest BCUT2D eigenvalue weighted by Crippen LogP contribution is -2.65. The highest BCUT2D eigenvalue weighted by Gasteiger charge is 2.68. The molecule has 1 fully saturated rings. The molecule has 0 amide bonds. The maximum atomic E-state index is 14.9. The number of rotatable bonds is 7. The highest BCUT2D eigenvalue weighted by atomic mass is 19.4. The van der Waals surface area contributed by atoms with E-state index in [-0.39, 0.29) is 40.0 Å². The summed E-state index contributed by atoms with van der Waals surface area (Å²) in [6.07, 6.45) is -26.3. The molecule has 1 aliphatic rings. The van der Waals surface area contributed by atoms with Crippen LogP contribution in [-0.4, -0.2) is 91.6 Å². The average Bonchev–Trinajstić information content (AvgIpc) is 2.58. The van der Waals surface area contributed by atoms with Crippen molar-refractivity contribution in [3.8, 4) is 0 Å². The molecule has 5 unspecified atom stereocenters. The Morgan fingerprint density at radius 2 is 1.21 bits per heavy atom. The Balaban J connectivity index is 3.09. The largest absolute Gasteiger partial charge is 0.429 e. The monoisotopic (exact) mass is 454 g/mol. The van der Waals surface area contributed by atoms with Gasteiger partial charge in [0.1, 0.15) is 12.2 Å². The van der Waals surface area contributed by atoms with Crippen LogP contribution in [0.1, 0.15) is 13.8 Å². The first kappa shape index (κ1) is 26.1. The average molecular weight is 454 g/mol. The molecule has 5 atom stereocenters. The van der Waals surface area contributed by atoms with Gasteiger partial charge in [0.25, 0.3) is 11.8 Å². The normalized spacial score (nSPS) is 24.6. The van der Waals surface area contributed by atoms with Crippen molar-refractivity contribution in [2.75, 3.05) is 33.2 Å². The molecule has 0 spiro atoms. The molecule has 0 radical (unpaired) electrons. The second kappa shape index (κ2) is 8.69. The van der Waals surface area contributed by atoms with Crippen molar-refractivity contribution in [2.24, 2.45) is 0 Å². The summed E-state index contributed by atoms with van der Waals surface area (Å²) >= 11 is 0. The minimum Gasteiger partial charge on any atom is -0.365 e. The van der Waals surface area contributed by atoms with Gasteiger partial charge in [-0.3, -0.25) is 4.90 Å². The van der Waals surface area contributed by atoms with E-state index in [4.69, 9.17) is 0 Å². The molecule has 174 valence electrons. The standard InChI is InChI=1S/C15H21F11N2O/c1-8(29-9(2)13(19,20)10(16)14(21,22)23)12(18,15(24,25)26)11(17)28-6-4-27(3)5-7-28/h8-11H,4-7H2,1-3H3. The highest BCUT2D eigenvalue weighted by molar-refractivity contribution is 5.01. The van der Waals surface area contributed by atoms with Gasteiger partial charge in [-0.15, -0.1) is 0 Å². The van der Waals surface area contributed by atoms with Gasteiger partial charge in [0.05, 0.1) is 0 Å². The Bertz CT molecular complexity index is 533. The minimum absolute atomic E-state index is 0.0905. The molecular formula is C15H21F11N2O. The fraction of sp³-hybridized carbons (Fsp3) is 1.00. The molecule has 0 aliphatic carbocycles. The summed E-state index contributed by atoms with van der Waals surface area (Å²) < 4.78 is 151. The van der Waals surface area contributed by atoms with Gasteiger partial charge < -0.3 is 9.64 Å². The SMILES string of the molecule is CC(OC(C)C(F)(C(F)N1CCN(C)CC1)C(F)(F)F)C(F)(F)C(F)C(F)(F)F. The van der Waals surface area contributed by atoms with E-state index in [1.54, 1.807) is 11.9 Å². The number of nitrogens with zero attached hydrogens (tertiary/aromatic N) is 2. The zero-order valence-electron chi connectivity index (χ0n) is 15.6. The highest BCUT2D eigenvalue weighted by Crippen LogP contribution is 2.45. The summed E-state index contributed by atoms with van der Waals surface area (Å²) in [5, 5.41) is 0. The van der Waals surface area contributed by atoms with Gasteiger partial charge in [-0.05, 0) is 20.9 Å². The molecule has 0 aromatic carbocycles. The zero-order valence-corrected chi connectivity index (χ0v) is 15.6. The molecule has 0 N–H and O–H groups in total. The van der Waals surface area contributed by atoms with Gasteiger partial charge >= 0.3 is 18.3 Å². The molecule has 1 saturated heterocycles. The van der Waals surface area contributed by atoms with Crippen LogP contribution in [0.5, 0.6) is 0 Å². The molecule has 0 saturated carbocycles. The van der Waals surface area contributed by atoms with E-state index >= 15 is 0 Å². The van der Waals surface area contributed by atoms with E-state index in [1.807, 2.05) is 0 Å². The molecule has 1 aliphatic heterocycles. The van der Waals surface area contributed by atoms with Gasteiger partial charge in [-0.1, -0.05) is 0 Å². The molecule has 29 heavy (non-hydrogen) atoms. The van der Waals surface area contributed by atoms with Gasteiger partial charge in [0.15, 0.2) is 6.30 Å². The fourth-order valence-corrected chi connectivity index (χ4v) is 2.79. The van der Waals surface area contributed by atoms with Crippen LogP contribution in [0.3, 0.4) is 0 Å². The molecule has 0 bridgehead atoms. The second-order valence-corrected chi connectivity index (χ2v) is 6.94. The van der Waals surface area contributed by atoms with Crippen LogP contribution in [0.15, 0.2) is 0 Å². The van der Waals surface area contributed by atoms with Gasteiger partial charge in [0.2, 0.25) is 0 Å². The number of piperazine rings is 1. The molecule has 14 heteroatoms. The molecule has 1 rings (SSSR count). The zero-order chi connectivity index (χ0) is 23.0. The van der Waals surface area contributed by atoms with Crippen LogP contribution in [-0.2, 0) is 4.74 Å². The summed E-state index contributed by atoms with van der Waals surface area (Å²) in [5.74, 6) is -5.33. The van der Waals surface area contributed by atoms with Crippen LogP contribution in [0, 0.1) is 0 Å². The Morgan fingerprint density at radius 1 is 0.759 bits per heavy atom. The number of likely N-dealkylation sites (N-methyl/N-ethyl adjacent to an activating group) is 1. The maximum Gasteiger partial charge on any atom is 0.429 e. The van der Waals surface area contributed by atoms with Crippen LogP contribution in [0.4, 0.5) is 48.3 Å². The summed E-state index contributed by atoms with van der Waals surface area (Å²) in [5.41, 5.74) is -4.85. The predicted octanol–water partition coefficient (Wildman–Crippen LogP) is 4.13. The van der Waals surface area contributed by atoms with E-state index in [9.17, 15) is 48.3 Å². The summed E-state index contributed by atoms with van der Waals surface area (Å²) in [6, 6.07) is 0. The number of halogens is 11. The van der Waals surface area contributed by atoms with E-state index in [0.29, 0.717) is 4.90 Å². The van der Waals surface area contributed by atoms with E-state index in [1.165, 1.54) is 0 Å². The quantitative estimate of drug-likeness (QED) is 0.425. The maximum absolute atomic E-state index is 14.9. The first-order valence-corrected chi connectivity index (χ1v) is 8.43. The Kier molecular flexibility index (Phi) is 7.84. The first-order valence-electron chi connectivity index (χ1n) is 8.43. The van der Waals surface area contributed by atoms with Crippen LogP contribution >= 0.6 is 0 Å². The lowest BCUT2D eigenvalue weighted by molar-refractivity contribution is -0.323. The van der Waals surface area contributed by atoms with Crippen molar-refractivity contribution in [3.63, 3.8) is 0 Å². The molecule has 0 aromatic heterocycles. The van der Waals surface area contributed by atoms with Gasteiger partial charge in [-0.25, -0.2) is 22.0 Å². The third-order valence-electron chi connectivity index (χ3n) is 4.81. The van der Waals surface area contributed by atoms with Crippen molar-refractivity contribution in [3.05, 3.63) is 0 Å². The third kappa shape index (κ3) is 5.43. The van der Waals surface area contributed by atoms with Gasteiger partial charge in [0, 0.05) is 26.2 Å². The van der Waals surface area contributed by atoms with Crippen molar-refractivity contribution in [1.82, 2.24) is 9.80 Å². The number of ether oxygens (including phenoxy) is 1. The lowest BCUT2D eigenvalue weighted by atomic mass is 9.95. The van der Waals surface area contributed by atoms with Crippen molar-refractivity contribution >= 4 is 0 Å². The predicted molar refractivity (Wildman–Crippen MR) is 79.8 cm³/mol. The lowest BCUT2D eigenvalue weighted by Gasteiger charge is -2.43. The van der Waals surface area contributed by atoms with Crippen molar-refractivity contribution in [1.29, 1.82) is 0 Å². The van der Waals surface area contributed by atoms with E-state index < -0.39 is 48.6 Å². The summed E-state index contributed by atoms with van der Waals surface area (Å²) in [4.78, 5) is 2.11. The van der Waals surface area contributed by atoms with Crippen LogP contribution < -0.4 is 0 Å². The van der Waals surface area contributed by atoms with Crippen LogP contribution in [0.25, 0.3) is 0 Å². The number of alkyl halides is 11. The van der Waals surface area contributed by atoms with Crippen molar-refractivity contribution in [2.45, 2.75) is 62.5 Å². The third-order valence-corrected chi connectivity index (χ3v) is 4.81. The second-order valence-electron chi connectivity index (χ2n) is 6.94. The Morgan fingerprint density at radius 3 is 1.59 bits per heavy atom. The fourth-order valence-electron chi connectivity index (χ4n) is 2.79. The number of hydrogen-bond acceptors (Lipinski definition) is 3. The smallest absolute Gasteiger partial charge is 0.365 e. The van der Waals surface area contributed by atoms with E-state index in [0.717, 1.165) is 0 Å². The molecule has 3 nitrogen and oxygen atoms in total. The molecule has 1 heterocycles. The van der Waals surface area contributed by atoms with Crippen molar-refractivity contribution < 1.29 is 53.0 Å². The Hall–Kier alpha value is -0.890.